The number of hydrogen-bond acceptors (Lipinski definition) is 4. The average molecular weight is 393 g/mol. The van der Waals surface area contributed by atoms with Crippen LogP contribution < -0.4 is 5.32 Å². The SMILES string of the molecule is Clc1ccc(-c2cc3nc4c(c(NCCCn5ccnc5)n3n2)CCC4)cc1. The maximum atomic E-state index is 6.03. The quantitative estimate of drug-likeness (QED) is 0.498. The highest BCUT2D eigenvalue weighted by molar-refractivity contribution is 6.30. The minimum Gasteiger partial charge on any atom is -0.370 e. The van der Waals surface area contributed by atoms with Gasteiger partial charge in [0.1, 0.15) is 5.82 Å². The molecule has 4 aromatic rings. The van der Waals surface area contributed by atoms with Crippen LogP contribution in [0.4, 0.5) is 5.82 Å². The highest BCUT2D eigenvalue weighted by Crippen LogP contribution is 2.30. The second-order valence-electron chi connectivity index (χ2n) is 7.13. The Morgan fingerprint density at radius 1 is 1.14 bits per heavy atom. The van der Waals surface area contributed by atoms with E-state index in [0.717, 1.165) is 66.5 Å². The molecule has 0 atom stereocenters. The van der Waals surface area contributed by atoms with E-state index in [2.05, 4.69) is 20.9 Å². The summed E-state index contributed by atoms with van der Waals surface area (Å²) < 4.78 is 4.06. The van der Waals surface area contributed by atoms with E-state index in [1.54, 1.807) is 0 Å². The highest BCUT2D eigenvalue weighted by Gasteiger charge is 2.21. The fourth-order valence-corrected chi connectivity index (χ4v) is 3.94. The second kappa shape index (κ2) is 7.28. The van der Waals surface area contributed by atoms with Gasteiger partial charge in [-0.3, -0.25) is 0 Å². The van der Waals surface area contributed by atoms with E-state index in [0.29, 0.717) is 0 Å². The van der Waals surface area contributed by atoms with Gasteiger partial charge in [0, 0.05) is 53.4 Å². The third kappa shape index (κ3) is 3.24. The molecule has 5 rings (SSSR count). The number of anilines is 1. The summed E-state index contributed by atoms with van der Waals surface area (Å²) in [7, 11) is 0. The molecule has 0 fully saturated rings. The molecule has 0 bridgehead atoms. The van der Waals surface area contributed by atoms with Crippen molar-refractivity contribution in [3.63, 3.8) is 0 Å². The van der Waals surface area contributed by atoms with Gasteiger partial charge in [0.15, 0.2) is 5.65 Å². The van der Waals surface area contributed by atoms with E-state index in [9.17, 15) is 0 Å². The van der Waals surface area contributed by atoms with Gasteiger partial charge in [-0.05, 0) is 37.8 Å². The molecular formula is C21H21ClN6. The number of fused-ring (bicyclic) bond motifs is 2. The molecule has 1 aliphatic carbocycles. The van der Waals surface area contributed by atoms with Gasteiger partial charge in [-0.2, -0.15) is 9.61 Å². The molecule has 0 unspecified atom stereocenters. The summed E-state index contributed by atoms with van der Waals surface area (Å²) in [5.74, 6) is 1.09. The summed E-state index contributed by atoms with van der Waals surface area (Å²) >= 11 is 6.03. The molecule has 3 aromatic heterocycles. The lowest BCUT2D eigenvalue weighted by Gasteiger charge is -2.13. The van der Waals surface area contributed by atoms with Gasteiger partial charge in [0.05, 0.1) is 12.0 Å². The number of hydrogen-bond donors (Lipinski definition) is 1. The molecule has 1 aliphatic rings. The zero-order valence-electron chi connectivity index (χ0n) is 15.5. The van der Waals surface area contributed by atoms with Crippen LogP contribution >= 0.6 is 11.6 Å². The average Bonchev–Trinajstić information content (AvgIpc) is 3.45. The lowest BCUT2D eigenvalue weighted by Crippen LogP contribution is -2.12. The largest absolute Gasteiger partial charge is 0.370 e. The summed E-state index contributed by atoms with van der Waals surface area (Å²) in [5, 5.41) is 9.21. The summed E-state index contributed by atoms with van der Waals surface area (Å²) in [6.45, 7) is 1.82. The van der Waals surface area contributed by atoms with Crippen LogP contribution in [0.2, 0.25) is 5.02 Å². The van der Waals surface area contributed by atoms with Crippen LogP contribution in [0.25, 0.3) is 16.9 Å². The summed E-state index contributed by atoms with van der Waals surface area (Å²) in [6.07, 6.45) is 9.93. The fourth-order valence-electron chi connectivity index (χ4n) is 3.82. The van der Waals surface area contributed by atoms with Gasteiger partial charge in [0.25, 0.3) is 0 Å². The van der Waals surface area contributed by atoms with Crippen molar-refractivity contribution in [3.05, 3.63) is 65.3 Å². The Labute approximate surface area is 168 Å². The first kappa shape index (κ1) is 17.3. The molecule has 0 saturated heterocycles. The second-order valence-corrected chi connectivity index (χ2v) is 7.56. The molecule has 0 aliphatic heterocycles. The molecule has 28 heavy (non-hydrogen) atoms. The van der Waals surface area contributed by atoms with Gasteiger partial charge in [-0.25, -0.2) is 9.97 Å². The molecule has 142 valence electrons. The normalized spacial score (nSPS) is 13.2. The van der Waals surface area contributed by atoms with Crippen LogP contribution in [0, 0.1) is 0 Å². The third-order valence-electron chi connectivity index (χ3n) is 5.21. The van der Waals surface area contributed by atoms with Crippen LogP contribution in [0.5, 0.6) is 0 Å². The van der Waals surface area contributed by atoms with Crippen LogP contribution in [-0.2, 0) is 19.4 Å². The Morgan fingerprint density at radius 2 is 2.04 bits per heavy atom. The Hall–Kier alpha value is -2.86. The number of rotatable bonds is 6. The van der Waals surface area contributed by atoms with Crippen molar-refractivity contribution < 1.29 is 0 Å². The molecule has 6 nitrogen and oxygen atoms in total. The zero-order chi connectivity index (χ0) is 18.9. The third-order valence-corrected chi connectivity index (χ3v) is 5.46. The molecule has 0 amide bonds. The minimum absolute atomic E-state index is 0.727. The van der Waals surface area contributed by atoms with E-state index in [4.69, 9.17) is 21.7 Å². The monoisotopic (exact) mass is 392 g/mol. The molecule has 0 radical (unpaired) electrons. The van der Waals surface area contributed by atoms with Gasteiger partial charge in [0.2, 0.25) is 0 Å². The van der Waals surface area contributed by atoms with Crippen LogP contribution in [0.1, 0.15) is 24.1 Å². The predicted octanol–water partition coefficient (Wildman–Crippen LogP) is 4.24. The van der Waals surface area contributed by atoms with Gasteiger partial charge in [-0.1, -0.05) is 23.7 Å². The van der Waals surface area contributed by atoms with Crippen molar-refractivity contribution in [1.29, 1.82) is 0 Å². The Bertz CT molecular complexity index is 1100. The highest BCUT2D eigenvalue weighted by atomic mass is 35.5. The van der Waals surface area contributed by atoms with E-state index in [-0.39, 0.29) is 0 Å². The molecule has 1 N–H and O–H groups in total. The number of aromatic nitrogens is 5. The molecule has 3 heterocycles. The summed E-state index contributed by atoms with van der Waals surface area (Å²) in [4.78, 5) is 8.97. The van der Waals surface area contributed by atoms with Crippen molar-refractivity contribution in [2.75, 3.05) is 11.9 Å². The number of halogens is 1. The van der Waals surface area contributed by atoms with Gasteiger partial charge >= 0.3 is 0 Å². The Balaban J connectivity index is 1.45. The van der Waals surface area contributed by atoms with E-state index >= 15 is 0 Å². The first-order chi connectivity index (χ1) is 13.8. The van der Waals surface area contributed by atoms with E-state index in [1.807, 2.05) is 47.5 Å². The number of aryl methyl sites for hydroxylation is 2. The smallest absolute Gasteiger partial charge is 0.158 e. The topological polar surface area (TPSA) is 60.0 Å². The van der Waals surface area contributed by atoms with Crippen molar-refractivity contribution in [1.82, 2.24) is 24.1 Å². The van der Waals surface area contributed by atoms with E-state index in [1.165, 1.54) is 11.3 Å². The van der Waals surface area contributed by atoms with Gasteiger partial charge < -0.3 is 9.88 Å². The first-order valence-electron chi connectivity index (χ1n) is 9.65. The molecule has 7 heteroatoms. The van der Waals surface area contributed by atoms with Crippen molar-refractivity contribution >= 4 is 23.1 Å². The summed E-state index contributed by atoms with van der Waals surface area (Å²) in [5.41, 5.74) is 5.35. The Morgan fingerprint density at radius 3 is 2.86 bits per heavy atom. The number of nitrogens with zero attached hydrogens (tertiary/aromatic N) is 5. The zero-order valence-corrected chi connectivity index (χ0v) is 16.2. The van der Waals surface area contributed by atoms with Crippen molar-refractivity contribution in [2.24, 2.45) is 0 Å². The van der Waals surface area contributed by atoms with Gasteiger partial charge in [-0.15, -0.1) is 0 Å². The van der Waals surface area contributed by atoms with Crippen LogP contribution in [-0.4, -0.2) is 30.7 Å². The number of nitrogens with one attached hydrogen (secondary N) is 1. The molecule has 0 spiro atoms. The van der Waals surface area contributed by atoms with Crippen LogP contribution in [0.3, 0.4) is 0 Å². The first-order valence-corrected chi connectivity index (χ1v) is 10.0. The van der Waals surface area contributed by atoms with Crippen molar-refractivity contribution in [2.45, 2.75) is 32.2 Å². The lowest BCUT2D eigenvalue weighted by atomic mass is 10.1. The van der Waals surface area contributed by atoms with Crippen molar-refractivity contribution in [3.8, 4) is 11.3 Å². The molecular weight excluding hydrogens is 372 g/mol. The fraction of sp³-hybridized carbons (Fsp3) is 0.286. The maximum absolute atomic E-state index is 6.03. The molecule has 1 aromatic carbocycles. The predicted molar refractivity (Wildman–Crippen MR) is 111 cm³/mol. The minimum atomic E-state index is 0.727. The maximum Gasteiger partial charge on any atom is 0.158 e. The van der Waals surface area contributed by atoms with E-state index < -0.39 is 0 Å². The standard InChI is InChI=1S/C21H21ClN6/c22-16-7-5-15(6-8-16)19-13-20-25-18-4-1-3-17(18)21(28(20)26-19)24-9-2-11-27-12-10-23-14-27/h5-8,10,12-14,24H,1-4,9,11H2. The number of imidazole rings is 1. The van der Waals surface area contributed by atoms with Crippen LogP contribution in [0.15, 0.2) is 49.1 Å². The summed E-state index contributed by atoms with van der Waals surface area (Å²) in [6, 6.07) is 9.83. The molecule has 0 saturated carbocycles. The Kier molecular flexibility index (Phi) is 4.49. The number of benzene rings is 1. The lowest BCUT2D eigenvalue weighted by molar-refractivity contribution is 0.658.